The number of aliphatic carboxylic acids is 3. The van der Waals surface area contributed by atoms with Gasteiger partial charge in [0.1, 0.15) is 0 Å². The van der Waals surface area contributed by atoms with Gasteiger partial charge in [-0.3, -0.25) is 38.7 Å². The van der Waals surface area contributed by atoms with E-state index in [2.05, 4.69) is 5.32 Å². The molecule has 4 N–H and O–H groups in total. The van der Waals surface area contributed by atoms with Crippen molar-refractivity contribution in [1.29, 1.82) is 0 Å². The first-order chi connectivity index (χ1) is 17.0. The number of nitrogens with one attached hydrogen (secondary N) is 1. The van der Waals surface area contributed by atoms with Crippen LogP contribution in [0, 0.1) is 0 Å². The summed E-state index contributed by atoms with van der Waals surface area (Å²) in [6, 6.07) is 0. The normalized spacial score (nSPS) is 13.7. The fraction of sp³-hybridized carbons (Fsp3) is 0.714. The second-order valence-electron chi connectivity index (χ2n) is 8.23. The number of hydrogen-bond acceptors (Lipinski definition) is 11. The molecule has 1 aliphatic heterocycles. The van der Waals surface area contributed by atoms with Crippen LogP contribution in [-0.4, -0.2) is 143 Å². The summed E-state index contributed by atoms with van der Waals surface area (Å²) < 4.78 is 0. The minimum Gasteiger partial charge on any atom is -0.480 e. The van der Waals surface area contributed by atoms with Crippen LogP contribution >= 0.6 is 0 Å². The molecule has 15 heteroatoms. The maximum atomic E-state index is 11.8. The van der Waals surface area contributed by atoms with Crippen molar-refractivity contribution in [1.82, 2.24) is 25.1 Å². The molecule has 2 amide bonds. The maximum Gasteiger partial charge on any atom is 0.346 e. The van der Waals surface area contributed by atoms with Crippen molar-refractivity contribution in [3.8, 4) is 0 Å². The molecule has 1 fully saturated rings. The predicted octanol–water partition coefficient (Wildman–Crippen LogP) is -2.25. The summed E-state index contributed by atoms with van der Waals surface area (Å²) in [7, 11) is 0. The third-order valence-corrected chi connectivity index (χ3v) is 5.15. The van der Waals surface area contributed by atoms with E-state index in [1.807, 2.05) is 6.92 Å². The van der Waals surface area contributed by atoms with E-state index in [1.165, 1.54) is 0 Å². The number of imide groups is 1. The molecule has 0 bridgehead atoms. The zero-order valence-electron chi connectivity index (χ0n) is 20.4. The van der Waals surface area contributed by atoms with E-state index < -0.39 is 35.7 Å². The number of amides is 2. The van der Waals surface area contributed by atoms with Crippen LogP contribution in [0.15, 0.2) is 0 Å². The molecule has 1 heterocycles. The van der Waals surface area contributed by atoms with Gasteiger partial charge in [0.05, 0.1) is 26.2 Å². The van der Waals surface area contributed by atoms with Gasteiger partial charge in [0.15, 0.2) is 0 Å². The van der Waals surface area contributed by atoms with Crippen molar-refractivity contribution >= 4 is 35.7 Å². The first kappa shape index (κ1) is 30.9. The van der Waals surface area contributed by atoms with Gasteiger partial charge in [-0.1, -0.05) is 6.92 Å². The van der Waals surface area contributed by atoms with Crippen LogP contribution in [0.5, 0.6) is 0 Å². The summed E-state index contributed by atoms with van der Waals surface area (Å²) in [6.07, 6.45) is 0.710. The molecule has 15 nitrogen and oxygen atoms in total. The number of hydroxylamine groups is 2. The largest absolute Gasteiger partial charge is 0.480 e. The average Bonchev–Trinajstić information content (AvgIpc) is 3.09. The Hall–Kier alpha value is -3.14. The van der Waals surface area contributed by atoms with Crippen molar-refractivity contribution in [2.24, 2.45) is 0 Å². The topological polar surface area (TPSA) is 197 Å². The lowest BCUT2D eigenvalue weighted by Crippen LogP contribution is -2.45. The Balaban J connectivity index is 2.52. The molecule has 36 heavy (non-hydrogen) atoms. The van der Waals surface area contributed by atoms with Gasteiger partial charge in [-0.2, -0.15) is 0 Å². The second-order valence-corrected chi connectivity index (χ2v) is 8.23. The molecule has 1 rings (SSSR count). The van der Waals surface area contributed by atoms with Crippen molar-refractivity contribution in [2.75, 3.05) is 72.0 Å². The molecule has 204 valence electrons. The van der Waals surface area contributed by atoms with Gasteiger partial charge < -0.3 is 25.5 Å². The van der Waals surface area contributed by atoms with E-state index in [0.717, 1.165) is 6.42 Å². The van der Waals surface area contributed by atoms with Gasteiger partial charge in [-0.05, 0) is 13.0 Å². The Bertz CT molecular complexity index is 777. The lowest BCUT2D eigenvalue weighted by atomic mass is 10.3. The summed E-state index contributed by atoms with van der Waals surface area (Å²) >= 11 is 0. The monoisotopic (exact) mass is 517 g/mol. The van der Waals surface area contributed by atoms with Gasteiger partial charge in [0.2, 0.25) is 0 Å². The Kier molecular flexibility index (Phi) is 14.2. The fourth-order valence-electron chi connectivity index (χ4n) is 3.49. The van der Waals surface area contributed by atoms with E-state index in [0.29, 0.717) is 24.7 Å². The maximum absolute atomic E-state index is 11.8. The highest BCUT2D eigenvalue weighted by Gasteiger charge is 2.32. The molecule has 0 atom stereocenters. The Morgan fingerprint density at radius 2 is 1.19 bits per heavy atom. The molecule has 0 unspecified atom stereocenters. The van der Waals surface area contributed by atoms with E-state index in [9.17, 15) is 39.0 Å². The van der Waals surface area contributed by atoms with Gasteiger partial charge in [-0.15, -0.1) is 5.06 Å². The number of carboxylic acid groups (broad SMARTS) is 3. The Labute approximate surface area is 208 Å². The van der Waals surface area contributed by atoms with Gasteiger partial charge in [0.25, 0.3) is 11.8 Å². The molecule has 0 saturated carbocycles. The molecule has 1 aliphatic rings. The van der Waals surface area contributed by atoms with Crippen LogP contribution in [0.2, 0.25) is 0 Å². The van der Waals surface area contributed by atoms with E-state index in [1.54, 1.807) is 14.7 Å². The van der Waals surface area contributed by atoms with Crippen LogP contribution in [0.3, 0.4) is 0 Å². The zero-order valence-corrected chi connectivity index (χ0v) is 20.4. The van der Waals surface area contributed by atoms with Crippen molar-refractivity contribution in [3.63, 3.8) is 0 Å². The van der Waals surface area contributed by atoms with E-state index >= 15 is 0 Å². The Morgan fingerprint density at radius 3 is 1.61 bits per heavy atom. The van der Waals surface area contributed by atoms with Gasteiger partial charge in [0, 0.05) is 52.1 Å². The number of carbonyl (C=O) groups is 6. The lowest BCUT2D eigenvalue weighted by Gasteiger charge is -2.28. The first-order valence-corrected chi connectivity index (χ1v) is 11.6. The van der Waals surface area contributed by atoms with Gasteiger partial charge >= 0.3 is 23.9 Å². The summed E-state index contributed by atoms with van der Waals surface area (Å²) in [5.74, 6) is -5.14. The number of nitrogens with zero attached hydrogens (tertiary/aromatic N) is 4. The Morgan fingerprint density at radius 1 is 0.778 bits per heavy atom. The van der Waals surface area contributed by atoms with Crippen LogP contribution in [0.4, 0.5) is 0 Å². The van der Waals surface area contributed by atoms with Crippen LogP contribution in [0.25, 0.3) is 0 Å². The quantitative estimate of drug-likeness (QED) is 0.0998. The molecule has 1 saturated heterocycles. The minimum atomic E-state index is -1.08. The van der Waals surface area contributed by atoms with Crippen molar-refractivity contribution < 1.29 is 48.9 Å². The standard InChI is InChI=1S/C21H35N5O10/c1-2-6-23(13-18(29)30)8-10-25(15-20(33)34)11-9-24(14-19(31)32)7-5-22-12-21(35)36-26-16(27)3-4-17(26)28/h22H,2-15H2,1H3,(H,29,30)(H,31,32)(H,33,34). The smallest absolute Gasteiger partial charge is 0.346 e. The molecule has 0 aromatic carbocycles. The van der Waals surface area contributed by atoms with Crippen molar-refractivity contribution in [2.45, 2.75) is 26.2 Å². The second kappa shape index (κ2) is 16.5. The average molecular weight is 518 g/mol. The highest BCUT2D eigenvalue weighted by molar-refractivity contribution is 6.01. The molecule has 0 aromatic rings. The predicted molar refractivity (Wildman–Crippen MR) is 123 cm³/mol. The summed E-state index contributed by atoms with van der Waals surface area (Å²) in [6.45, 7) is 2.87. The third-order valence-electron chi connectivity index (χ3n) is 5.15. The van der Waals surface area contributed by atoms with Gasteiger partial charge in [-0.25, -0.2) is 4.79 Å². The molecular formula is C21H35N5O10. The van der Waals surface area contributed by atoms with E-state index in [-0.39, 0.29) is 65.2 Å². The zero-order chi connectivity index (χ0) is 27.1. The highest BCUT2D eigenvalue weighted by Crippen LogP contribution is 2.11. The number of hydrogen-bond donors (Lipinski definition) is 4. The molecular weight excluding hydrogens is 482 g/mol. The van der Waals surface area contributed by atoms with Crippen LogP contribution in [0.1, 0.15) is 26.2 Å². The minimum absolute atomic E-state index is 0.0151. The molecule has 0 aromatic heterocycles. The summed E-state index contributed by atoms with van der Waals surface area (Å²) in [5.41, 5.74) is 0. The highest BCUT2D eigenvalue weighted by atomic mass is 16.7. The summed E-state index contributed by atoms with van der Waals surface area (Å²) in [5, 5.41) is 30.6. The molecule has 0 aliphatic carbocycles. The summed E-state index contributed by atoms with van der Waals surface area (Å²) in [4.78, 5) is 77.9. The number of rotatable bonds is 20. The van der Waals surface area contributed by atoms with Crippen LogP contribution < -0.4 is 5.32 Å². The number of carboxylic acids is 3. The number of carbonyl (C=O) groups excluding carboxylic acids is 3. The van der Waals surface area contributed by atoms with E-state index in [4.69, 9.17) is 9.94 Å². The third kappa shape index (κ3) is 13.1. The van der Waals surface area contributed by atoms with Crippen molar-refractivity contribution in [3.05, 3.63) is 0 Å². The SMILES string of the molecule is CCCN(CCN(CCN(CCNCC(=O)ON1C(=O)CCC1=O)CC(=O)O)CC(=O)O)CC(=O)O. The van der Waals surface area contributed by atoms with Crippen LogP contribution in [-0.2, 0) is 33.6 Å². The molecule has 0 radical (unpaired) electrons. The fourth-order valence-corrected chi connectivity index (χ4v) is 3.49. The lowest BCUT2D eigenvalue weighted by molar-refractivity contribution is -0.196. The first-order valence-electron chi connectivity index (χ1n) is 11.6. The molecule has 0 spiro atoms.